The van der Waals surface area contributed by atoms with Crippen molar-refractivity contribution in [1.82, 2.24) is 0 Å². The number of ether oxygens (including phenoxy) is 4. The Hall–Kier alpha value is -3.24. The van der Waals surface area contributed by atoms with Crippen molar-refractivity contribution in [2.24, 2.45) is 11.5 Å². The van der Waals surface area contributed by atoms with Gasteiger partial charge < -0.3 is 30.4 Å². The summed E-state index contributed by atoms with van der Waals surface area (Å²) in [7, 11) is 0. The maximum absolute atomic E-state index is 11.9. The van der Waals surface area contributed by atoms with Crippen molar-refractivity contribution in [2.75, 3.05) is 0 Å². The minimum absolute atomic E-state index is 0.844. The summed E-state index contributed by atoms with van der Waals surface area (Å²) in [6, 6.07) is 0. The van der Waals surface area contributed by atoms with Crippen molar-refractivity contribution in [2.45, 2.75) is 63.2 Å². The minimum atomic E-state index is -1.98. The Kier molecular flexibility index (Phi) is 10.8. The predicted octanol–water partition coefficient (Wildman–Crippen LogP) is 0.852. The van der Waals surface area contributed by atoms with Crippen molar-refractivity contribution < 1.29 is 38.1 Å². The second-order valence-electron chi connectivity index (χ2n) is 7.00. The molecule has 0 aliphatic rings. The lowest BCUT2D eigenvalue weighted by Gasteiger charge is -2.54. The molecule has 0 saturated carbocycles. The average molecular weight is 453 g/mol. The van der Waals surface area contributed by atoms with Crippen molar-refractivity contribution in [1.29, 1.82) is 0 Å². The van der Waals surface area contributed by atoms with E-state index in [0.717, 1.165) is 24.3 Å². The number of nitrogens with two attached hydrogens (primary N) is 2. The molecule has 0 bridgehead atoms. The first-order valence-corrected chi connectivity index (χ1v) is 9.65. The Morgan fingerprint density at radius 3 is 0.844 bits per heavy atom. The van der Waals surface area contributed by atoms with Gasteiger partial charge in [-0.3, -0.25) is 0 Å². The van der Waals surface area contributed by atoms with Gasteiger partial charge in [0, 0.05) is 24.3 Å². The van der Waals surface area contributed by atoms with Crippen molar-refractivity contribution in [3.05, 3.63) is 50.6 Å². The van der Waals surface area contributed by atoms with Crippen LogP contribution in [0.1, 0.15) is 27.7 Å². The van der Waals surface area contributed by atoms with E-state index in [1.54, 1.807) is 0 Å². The van der Waals surface area contributed by atoms with E-state index >= 15 is 0 Å². The standard InChI is InChI=1S/C22H32N2O8/c1-9-17(25)29-13(5)21(23,14(6)30-18(26)10-2)22(24,15(7)31-19(27)11-3)16(8)32-20(28)12-4/h9-16H,1-4,23-24H2,5-8H3. The van der Waals surface area contributed by atoms with Gasteiger partial charge in [0.15, 0.2) is 0 Å². The van der Waals surface area contributed by atoms with Crippen LogP contribution in [0.15, 0.2) is 50.6 Å². The van der Waals surface area contributed by atoms with Crippen LogP contribution in [0.2, 0.25) is 0 Å². The van der Waals surface area contributed by atoms with Gasteiger partial charge in [0.2, 0.25) is 0 Å². The molecule has 32 heavy (non-hydrogen) atoms. The molecule has 0 aromatic carbocycles. The van der Waals surface area contributed by atoms with Crippen LogP contribution in [0, 0.1) is 0 Å². The quantitative estimate of drug-likeness (QED) is 0.233. The number of hydrogen-bond acceptors (Lipinski definition) is 10. The highest BCUT2D eigenvalue weighted by atomic mass is 16.6. The normalized spacial score (nSPS) is 18.1. The highest BCUT2D eigenvalue weighted by Gasteiger charge is 2.63. The van der Waals surface area contributed by atoms with Gasteiger partial charge in [-0.15, -0.1) is 0 Å². The third-order valence-corrected chi connectivity index (χ3v) is 5.28. The molecule has 0 heterocycles. The molecule has 0 aliphatic heterocycles. The molecule has 0 radical (unpaired) electrons. The molecule has 0 aliphatic carbocycles. The van der Waals surface area contributed by atoms with Crippen molar-refractivity contribution in [3.63, 3.8) is 0 Å². The number of carbonyl (C=O) groups excluding carboxylic acids is 4. The Bertz CT molecular complexity index is 656. The Morgan fingerprint density at radius 1 is 0.562 bits per heavy atom. The molecule has 178 valence electrons. The van der Waals surface area contributed by atoms with E-state index in [-0.39, 0.29) is 0 Å². The van der Waals surface area contributed by atoms with Crippen LogP contribution >= 0.6 is 0 Å². The zero-order chi connectivity index (χ0) is 25.3. The van der Waals surface area contributed by atoms with Gasteiger partial charge >= 0.3 is 23.9 Å². The monoisotopic (exact) mass is 452 g/mol. The molecule has 0 amide bonds. The number of carbonyl (C=O) groups is 4. The van der Waals surface area contributed by atoms with Crippen LogP contribution in [-0.2, 0) is 38.1 Å². The number of hydrogen-bond donors (Lipinski definition) is 2. The lowest BCUT2D eigenvalue weighted by Crippen LogP contribution is -2.83. The molecule has 4 atom stereocenters. The number of esters is 4. The summed E-state index contributed by atoms with van der Waals surface area (Å²) >= 11 is 0. The zero-order valence-electron chi connectivity index (χ0n) is 18.9. The fraction of sp³-hybridized carbons (Fsp3) is 0.455. The zero-order valence-corrected chi connectivity index (χ0v) is 18.9. The maximum Gasteiger partial charge on any atom is 0.330 e. The lowest BCUT2D eigenvalue weighted by molar-refractivity contribution is -0.185. The van der Waals surface area contributed by atoms with E-state index < -0.39 is 59.4 Å². The van der Waals surface area contributed by atoms with Gasteiger partial charge in [0.05, 0.1) is 0 Å². The molecular formula is C22H32N2O8. The molecule has 4 unspecified atom stereocenters. The smallest absolute Gasteiger partial charge is 0.330 e. The second kappa shape index (κ2) is 12.0. The predicted molar refractivity (Wildman–Crippen MR) is 117 cm³/mol. The first-order valence-electron chi connectivity index (χ1n) is 9.65. The molecule has 0 rings (SSSR count). The summed E-state index contributed by atoms with van der Waals surface area (Å²) in [5.41, 5.74) is 9.49. The molecular weight excluding hydrogens is 420 g/mol. The third kappa shape index (κ3) is 6.14. The molecule has 10 heteroatoms. The van der Waals surface area contributed by atoms with Gasteiger partial charge in [-0.1, -0.05) is 26.3 Å². The van der Waals surface area contributed by atoms with Gasteiger partial charge in [0.1, 0.15) is 35.5 Å². The van der Waals surface area contributed by atoms with Gasteiger partial charge in [-0.2, -0.15) is 0 Å². The number of rotatable bonds is 13. The van der Waals surface area contributed by atoms with Crippen molar-refractivity contribution in [3.8, 4) is 0 Å². The molecule has 0 spiro atoms. The van der Waals surface area contributed by atoms with Crippen molar-refractivity contribution >= 4 is 23.9 Å². The van der Waals surface area contributed by atoms with Crippen LogP contribution < -0.4 is 11.5 Å². The first kappa shape index (κ1) is 28.8. The van der Waals surface area contributed by atoms with Crippen LogP contribution in [0.3, 0.4) is 0 Å². The van der Waals surface area contributed by atoms with E-state index in [2.05, 4.69) is 26.3 Å². The summed E-state index contributed by atoms with van der Waals surface area (Å²) in [4.78, 5) is 47.7. The van der Waals surface area contributed by atoms with Gasteiger partial charge in [-0.05, 0) is 27.7 Å². The minimum Gasteiger partial charge on any atom is -0.457 e. The highest BCUT2D eigenvalue weighted by Crippen LogP contribution is 2.37. The van der Waals surface area contributed by atoms with Gasteiger partial charge in [-0.25, -0.2) is 19.2 Å². The topological polar surface area (TPSA) is 157 Å². The molecule has 10 nitrogen and oxygen atoms in total. The van der Waals surface area contributed by atoms with E-state index in [0.29, 0.717) is 0 Å². The van der Waals surface area contributed by atoms with Crippen LogP contribution in [0.5, 0.6) is 0 Å². The Balaban J connectivity index is 6.86. The second-order valence-corrected chi connectivity index (χ2v) is 7.00. The maximum atomic E-state index is 11.9. The van der Waals surface area contributed by atoms with Crippen LogP contribution in [0.25, 0.3) is 0 Å². The molecule has 4 N–H and O–H groups in total. The summed E-state index contributed by atoms with van der Waals surface area (Å²) < 4.78 is 21.2. The largest absolute Gasteiger partial charge is 0.457 e. The Morgan fingerprint density at radius 2 is 0.719 bits per heavy atom. The molecule has 0 aromatic rings. The summed E-state index contributed by atoms with van der Waals surface area (Å²) in [5.74, 6) is -3.38. The lowest BCUT2D eigenvalue weighted by atomic mass is 9.65. The molecule has 0 fully saturated rings. The van der Waals surface area contributed by atoms with Gasteiger partial charge in [0.25, 0.3) is 0 Å². The van der Waals surface area contributed by atoms with E-state index in [4.69, 9.17) is 30.4 Å². The third-order valence-electron chi connectivity index (χ3n) is 5.28. The van der Waals surface area contributed by atoms with Crippen LogP contribution in [-0.4, -0.2) is 59.4 Å². The molecule has 0 aromatic heterocycles. The fourth-order valence-electron chi connectivity index (χ4n) is 3.35. The van der Waals surface area contributed by atoms with E-state index in [9.17, 15) is 19.2 Å². The SMILES string of the molecule is C=CC(=O)OC(C)C(N)(C(C)OC(=O)C=C)C(N)(C(C)OC(=O)C=C)C(C)OC(=O)C=C. The Labute approximate surface area is 187 Å². The fourth-order valence-corrected chi connectivity index (χ4v) is 3.35. The average Bonchev–Trinajstić information content (AvgIpc) is 2.76. The summed E-state index contributed by atoms with van der Waals surface area (Å²) in [6.07, 6.45) is -1.45. The highest BCUT2D eigenvalue weighted by molar-refractivity contribution is 5.83. The van der Waals surface area contributed by atoms with E-state index in [1.807, 2.05) is 0 Å². The molecule has 0 saturated heterocycles. The van der Waals surface area contributed by atoms with Crippen LogP contribution in [0.4, 0.5) is 0 Å². The summed E-state index contributed by atoms with van der Waals surface area (Å²) in [5, 5.41) is 0. The summed E-state index contributed by atoms with van der Waals surface area (Å²) in [6.45, 7) is 18.9. The first-order chi connectivity index (χ1) is 14.8. The van der Waals surface area contributed by atoms with E-state index in [1.165, 1.54) is 27.7 Å².